The highest BCUT2D eigenvalue weighted by Gasteiger charge is 2.06. The van der Waals surface area contributed by atoms with E-state index in [4.69, 9.17) is 5.11 Å². The summed E-state index contributed by atoms with van der Waals surface area (Å²) in [5.74, 6) is -0.223. The van der Waals surface area contributed by atoms with Crippen molar-refractivity contribution in [3.8, 4) is 0 Å². The predicted octanol–water partition coefficient (Wildman–Crippen LogP) is 4.04. The van der Waals surface area contributed by atoms with Crippen molar-refractivity contribution in [3.05, 3.63) is 28.5 Å². The standard InChI is InChI=1S/C13H18O2S/c1-10(2)11(12-7-5-9-16-12)6-3-4-8-13(14)15/h5-7,9-10H,3-4,8H2,1-2H3,(H,14,15)/b11-6+. The van der Waals surface area contributed by atoms with Crippen molar-refractivity contribution in [2.45, 2.75) is 33.1 Å². The fraction of sp³-hybridized carbons (Fsp3) is 0.462. The summed E-state index contributed by atoms with van der Waals surface area (Å²) in [5, 5.41) is 10.6. The molecule has 0 spiro atoms. The Hall–Kier alpha value is -1.09. The topological polar surface area (TPSA) is 37.3 Å². The van der Waals surface area contributed by atoms with Crippen LogP contribution in [0, 0.1) is 5.92 Å². The Morgan fingerprint density at radius 3 is 2.81 bits per heavy atom. The molecule has 0 aromatic carbocycles. The van der Waals surface area contributed by atoms with E-state index in [-0.39, 0.29) is 6.42 Å². The highest BCUT2D eigenvalue weighted by molar-refractivity contribution is 7.11. The van der Waals surface area contributed by atoms with Crippen LogP contribution in [0.3, 0.4) is 0 Å². The third kappa shape index (κ3) is 4.19. The smallest absolute Gasteiger partial charge is 0.303 e. The fourth-order valence-corrected chi connectivity index (χ4v) is 2.49. The summed E-state index contributed by atoms with van der Waals surface area (Å²) in [6.07, 6.45) is 4.00. The minimum atomic E-state index is -0.712. The van der Waals surface area contributed by atoms with E-state index in [1.807, 2.05) is 6.07 Å². The third-order valence-corrected chi connectivity index (χ3v) is 3.31. The van der Waals surface area contributed by atoms with E-state index >= 15 is 0 Å². The average molecular weight is 238 g/mol. The second-order valence-electron chi connectivity index (χ2n) is 4.08. The highest BCUT2D eigenvalue weighted by Crippen LogP contribution is 2.27. The molecule has 0 aliphatic heterocycles. The van der Waals surface area contributed by atoms with Crippen LogP contribution in [0.4, 0.5) is 0 Å². The summed E-state index contributed by atoms with van der Waals surface area (Å²) in [5.41, 5.74) is 1.33. The molecule has 0 saturated carbocycles. The summed E-state index contributed by atoms with van der Waals surface area (Å²) in [6, 6.07) is 4.17. The molecule has 0 bridgehead atoms. The molecule has 1 aromatic rings. The maximum Gasteiger partial charge on any atom is 0.303 e. The lowest BCUT2D eigenvalue weighted by molar-refractivity contribution is -0.137. The molecule has 1 heterocycles. The maximum atomic E-state index is 10.4. The molecule has 2 nitrogen and oxygen atoms in total. The van der Waals surface area contributed by atoms with Crippen molar-refractivity contribution in [3.63, 3.8) is 0 Å². The van der Waals surface area contributed by atoms with Crippen LogP contribution in [-0.2, 0) is 4.79 Å². The zero-order valence-corrected chi connectivity index (χ0v) is 10.6. The van der Waals surface area contributed by atoms with E-state index < -0.39 is 5.97 Å². The lowest BCUT2D eigenvalue weighted by Gasteiger charge is -2.09. The van der Waals surface area contributed by atoms with Crippen LogP contribution in [-0.4, -0.2) is 11.1 Å². The molecule has 0 aliphatic carbocycles. The number of carboxylic acids is 1. The molecular formula is C13H18O2S. The molecule has 1 N–H and O–H groups in total. The first-order chi connectivity index (χ1) is 7.61. The Balaban J connectivity index is 2.57. The van der Waals surface area contributed by atoms with E-state index in [0.717, 1.165) is 12.8 Å². The fourth-order valence-electron chi connectivity index (χ4n) is 1.57. The van der Waals surface area contributed by atoms with Gasteiger partial charge in [-0.25, -0.2) is 0 Å². The van der Waals surface area contributed by atoms with Gasteiger partial charge >= 0.3 is 5.97 Å². The van der Waals surface area contributed by atoms with Gasteiger partial charge in [-0.3, -0.25) is 4.79 Å². The van der Waals surface area contributed by atoms with Crippen LogP contribution in [0.25, 0.3) is 5.57 Å². The van der Waals surface area contributed by atoms with Gasteiger partial charge in [0, 0.05) is 11.3 Å². The number of rotatable bonds is 6. The number of hydrogen-bond donors (Lipinski definition) is 1. The number of carbonyl (C=O) groups is 1. The first-order valence-electron chi connectivity index (χ1n) is 5.57. The molecule has 0 amide bonds. The van der Waals surface area contributed by atoms with Gasteiger partial charge in [0.15, 0.2) is 0 Å². The van der Waals surface area contributed by atoms with Crippen LogP contribution >= 0.6 is 11.3 Å². The van der Waals surface area contributed by atoms with Crippen molar-refractivity contribution < 1.29 is 9.90 Å². The largest absolute Gasteiger partial charge is 0.481 e. The van der Waals surface area contributed by atoms with Gasteiger partial charge in [-0.05, 0) is 35.8 Å². The Morgan fingerprint density at radius 1 is 1.56 bits per heavy atom. The van der Waals surface area contributed by atoms with Gasteiger partial charge in [-0.15, -0.1) is 11.3 Å². The zero-order chi connectivity index (χ0) is 12.0. The van der Waals surface area contributed by atoms with Crippen LogP contribution in [0.2, 0.25) is 0 Å². The quantitative estimate of drug-likeness (QED) is 0.759. The van der Waals surface area contributed by atoms with Gasteiger partial charge < -0.3 is 5.11 Å². The summed E-state index contributed by atoms with van der Waals surface area (Å²) in [7, 11) is 0. The highest BCUT2D eigenvalue weighted by atomic mass is 32.1. The SMILES string of the molecule is CC(C)/C(=C\CCCC(=O)O)c1cccs1. The molecule has 0 aliphatic rings. The van der Waals surface area contributed by atoms with Crippen molar-refractivity contribution >= 4 is 22.9 Å². The summed E-state index contributed by atoms with van der Waals surface area (Å²) in [4.78, 5) is 11.7. The van der Waals surface area contributed by atoms with Gasteiger partial charge in [0.1, 0.15) is 0 Å². The minimum absolute atomic E-state index is 0.256. The number of carboxylic acid groups (broad SMARTS) is 1. The molecule has 16 heavy (non-hydrogen) atoms. The Morgan fingerprint density at radius 2 is 2.31 bits per heavy atom. The molecule has 3 heteroatoms. The summed E-state index contributed by atoms with van der Waals surface area (Å²) in [6.45, 7) is 4.34. The van der Waals surface area contributed by atoms with Gasteiger partial charge in [-0.1, -0.05) is 26.0 Å². The number of hydrogen-bond acceptors (Lipinski definition) is 2. The molecule has 0 radical (unpaired) electrons. The van der Waals surface area contributed by atoms with Gasteiger partial charge in [0.25, 0.3) is 0 Å². The van der Waals surface area contributed by atoms with Gasteiger partial charge in [-0.2, -0.15) is 0 Å². The van der Waals surface area contributed by atoms with E-state index in [1.54, 1.807) is 11.3 Å². The molecule has 88 valence electrons. The summed E-state index contributed by atoms with van der Waals surface area (Å²) >= 11 is 1.74. The van der Waals surface area contributed by atoms with Crippen LogP contribution < -0.4 is 0 Å². The maximum absolute atomic E-state index is 10.4. The molecule has 0 unspecified atom stereocenters. The Kier molecular flexibility index (Phi) is 5.26. The van der Waals surface area contributed by atoms with Crippen LogP contribution in [0.1, 0.15) is 38.0 Å². The Labute approximate surface area is 101 Å². The van der Waals surface area contributed by atoms with E-state index in [2.05, 4.69) is 31.4 Å². The first kappa shape index (κ1) is 13.0. The molecule has 1 aromatic heterocycles. The molecular weight excluding hydrogens is 220 g/mol. The second kappa shape index (κ2) is 6.48. The lowest BCUT2D eigenvalue weighted by Crippen LogP contribution is -1.94. The number of unbranched alkanes of at least 4 members (excludes halogenated alkanes) is 1. The summed E-state index contributed by atoms with van der Waals surface area (Å²) < 4.78 is 0. The Bertz CT molecular complexity index is 350. The van der Waals surface area contributed by atoms with Crippen molar-refractivity contribution in [1.82, 2.24) is 0 Å². The van der Waals surface area contributed by atoms with Crippen LogP contribution in [0.15, 0.2) is 23.6 Å². The number of allylic oxidation sites excluding steroid dienone is 2. The average Bonchev–Trinajstić information content (AvgIpc) is 2.69. The number of thiophene rings is 1. The minimum Gasteiger partial charge on any atom is -0.481 e. The first-order valence-corrected chi connectivity index (χ1v) is 6.45. The van der Waals surface area contributed by atoms with Crippen molar-refractivity contribution in [2.24, 2.45) is 5.92 Å². The van der Waals surface area contributed by atoms with Crippen LogP contribution in [0.5, 0.6) is 0 Å². The van der Waals surface area contributed by atoms with E-state index in [1.165, 1.54) is 10.5 Å². The van der Waals surface area contributed by atoms with Gasteiger partial charge in [0.05, 0.1) is 0 Å². The predicted molar refractivity (Wildman–Crippen MR) is 68.6 cm³/mol. The molecule has 0 saturated heterocycles. The van der Waals surface area contributed by atoms with Crippen molar-refractivity contribution in [2.75, 3.05) is 0 Å². The van der Waals surface area contributed by atoms with E-state index in [9.17, 15) is 4.79 Å². The van der Waals surface area contributed by atoms with Crippen molar-refractivity contribution in [1.29, 1.82) is 0 Å². The normalized spacial score (nSPS) is 12.1. The number of aliphatic carboxylic acids is 1. The van der Waals surface area contributed by atoms with E-state index in [0.29, 0.717) is 5.92 Å². The monoisotopic (exact) mass is 238 g/mol. The molecule has 1 rings (SSSR count). The second-order valence-corrected chi connectivity index (χ2v) is 5.03. The molecule has 0 fully saturated rings. The lowest BCUT2D eigenvalue weighted by atomic mass is 10.00. The molecule has 0 atom stereocenters. The van der Waals surface area contributed by atoms with Gasteiger partial charge in [0.2, 0.25) is 0 Å². The zero-order valence-electron chi connectivity index (χ0n) is 9.77. The third-order valence-electron chi connectivity index (χ3n) is 2.39.